The number of nitrogens with one attached hydrogen (secondary N) is 1. The maximum atomic E-state index is 13.0. The first-order chi connectivity index (χ1) is 10.6. The Balaban J connectivity index is 1.82. The highest BCUT2D eigenvalue weighted by Crippen LogP contribution is 2.54. The van der Waals surface area contributed by atoms with E-state index in [1.807, 2.05) is 19.2 Å². The molecule has 22 heavy (non-hydrogen) atoms. The van der Waals surface area contributed by atoms with Gasteiger partial charge in [0.15, 0.2) is 0 Å². The van der Waals surface area contributed by atoms with Gasteiger partial charge in [-0.2, -0.15) is 5.26 Å². The summed E-state index contributed by atoms with van der Waals surface area (Å²) in [5, 5.41) is 10.6. The molecule has 0 aromatic carbocycles. The molecule has 2 aromatic heterocycles. The molecule has 1 saturated heterocycles. The lowest BCUT2D eigenvalue weighted by atomic mass is 9.75. The van der Waals surface area contributed by atoms with Gasteiger partial charge in [-0.3, -0.25) is 4.79 Å². The number of carbonyl (C=O) groups is 1. The molecule has 112 valence electrons. The van der Waals surface area contributed by atoms with Gasteiger partial charge in [-0.1, -0.05) is 6.92 Å². The van der Waals surface area contributed by atoms with Crippen LogP contribution in [0, 0.1) is 28.6 Å². The molecular weight excluding hydrogens is 344 g/mol. The van der Waals surface area contributed by atoms with Crippen LogP contribution in [0.15, 0.2) is 22.9 Å². The summed E-state index contributed by atoms with van der Waals surface area (Å²) in [5.41, 5.74) is 0.723. The number of hydrogen-bond donors (Lipinski definition) is 1. The van der Waals surface area contributed by atoms with Crippen LogP contribution >= 0.6 is 15.9 Å². The standard InChI is InChI=1S/C16H15BrN4O/c1-9-7-21(15(22)16(9,8-18)10-2-3-10)13-6-20-14-12(13)4-11(17)5-19-14/h4-6,9-10H,2-3,7H2,1H3,(H,19,20)/t9-,16+/m1/s1. The van der Waals surface area contributed by atoms with Gasteiger partial charge in [0.1, 0.15) is 11.1 Å². The zero-order valence-electron chi connectivity index (χ0n) is 12.1. The quantitative estimate of drug-likeness (QED) is 0.895. The molecule has 0 spiro atoms. The smallest absolute Gasteiger partial charge is 0.248 e. The zero-order valence-corrected chi connectivity index (χ0v) is 13.7. The van der Waals surface area contributed by atoms with Gasteiger partial charge in [0.25, 0.3) is 0 Å². The summed E-state index contributed by atoms with van der Waals surface area (Å²) in [4.78, 5) is 22.2. The number of nitrogens with zero attached hydrogens (tertiary/aromatic N) is 3. The molecule has 2 atom stereocenters. The second-order valence-corrected chi connectivity index (χ2v) is 7.21. The highest BCUT2D eigenvalue weighted by molar-refractivity contribution is 9.10. The van der Waals surface area contributed by atoms with E-state index in [9.17, 15) is 10.1 Å². The first-order valence-corrected chi connectivity index (χ1v) is 8.23. The summed E-state index contributed by atoms with van der Waals surface area (Å²) < 4.78 is 0.870. The molecule has 1 saturated carbocycles. The molecule has 2 fully saturated rings. The second kappa shape index (κ2) is 4.56. The number of hydrogen-bond acceptors (Lipinski definition) is 3. The summed E-state index contributed by atoms with van der Waals surface area (Å²) in [6.07, 6.45) is 5.51. The van der Waals surface area contributed by atoms with E-state index in [-0.39, 0.29) is 17.7 Å². The van der Waals surface area contributed by atoms with Crippen molar-refractivity contribution in [2.75, 3.05) is 11.4 Å². The summed E-state index contributed by atoms with van der Waals surface area (Å²) in [5.74, 6) is 0.216. The molecule has 5 nitrogen and oxygen atoms in total. The van der Waals surface area contributed by atoms with E-state index in [4.69, 9.17) is 0 Å². The van der Waals surface area contributed by atoms with Crippen molar-refractivity contribution in [1.82, 2.24) is 9.97 Å². The Bertz CT molecular complexity index is 819. The number of rotatable bonds is 2. The number of halogens is 1. The van der Waals surface area contributed by atoms with Crippen LogP contribution < -0.4 is 4.90 Å². The minimum Gasteiger partial charge on any atom is -0.344 e. The largest absolute Gasteiger partial charge is 0.344 e. The minimum atomic E-state index is -0.844. The third-order valence-electron chi connectivity index (χ3n) is 5.01. The normalized spacial score (nSPS) is 28.3. The topological polar surface area (TPSA) is 72.8 Å². The summed E-state index contributed by atoms with van der Waals surface area (Å²) in [6, 6.07) is 4.32. The summed E-state index contributed by atoms with van der Waals surface area (Å²) in [7, 11) is 0. The monoisotopic (exact) mass is 358 g/mol. The van der Waals surface area contributed by atoms with Crippen molar-refractivity contribution >= 4 is 38.6 Å². The van der Waals surface area contributed by atoms with Crippen molar-refractivity contribution in [3.63, 3.8) is 0 Å². The fraction of sp³-hybridized carbons (Fsp3) is 0.438. The van der Waals surface area contributed by atoms with Gasteiger partial charge < -0.3 is 9.88 Å². The van der Waals surface area contributed by atoms with E-state index in [1.165, 1.54) is 0 Å². The Morgan fingerprint density at radius 2 is 2.32 bits per heavy atom. The lowest BCUT2D eigenvalue weighted by Crippen LogP contribution is -2.37. The average molecular weight is 359 g/mol. The van der Waals surface area contributed by atoms with Gasteiger partial charge in [-0.25, -0.2) is 4.98 Å². The van der Waals surface area contributed by atoms with Crippen LogP contribution in [0.1, 0.15) is 19.8 Å². The molecule has 3 heterocycles. The number of H-pyrrole nitrogens is 1. The van der Waals surface area contributed by atoms with Gasteiger partial charge >= 0.3 is 0 Å². The van der Waals surface area contributed by atoms with Crippen LogP contribution in [-0.2, 0) is 4.79 Å². The number of nitriles is 1. The van der Waals surface area contributed by atoms with Crippen molar-refractivity contribution < 1.29 is 4.79 Å². The van der Waals surface area contributed by atoms with Crippen LogP contribution in [0.2, 0.25) is 0 Å². The maximum absolute atomic E-state index is 13.0. The molecule has 2 aliphatic rings. The van der Waals surface area contributed by atoms with E-state index in [1.54, 1.807) is 11.1 Å². The van der Waals surface area contributed by atoms with E-state index >= 15 is 0 Å². The third kappa shape index (κ3) is 1.69. The van der Waals surface area contributed by atoms with E-state index < -0.39 is 5.41 Å². The fourth-order valence-electron chi connectivity index (χ4n) is 3.69. The van der Waals surface area contributed by atoms with Crippen molar-refractivity contribution in [3.05, 3.63) is 22.9 Å². The van der Waals surface area contributed by atoms with Gasteiger partial charge in [-0.05, 0) is 40.8 Å². The van der Waals surface area contributed by atoms with Crippen LogP contribution in [0.5, 0.6) is 0 Å². The predicted molar refractivity (Wildman–Crippen MR) is 86.1 cm³/mol. The molecule has 1 N–H and O–H groups in total. The Morgan fingerprint density at radius 3 is 3.00 bits per heavy atom. The van der Waals surface area contributed by atoms with Crippen LogP contribution in [0.4, 0.5) is 5.69 Å². The first kappa shape index (κ1) is 13.8. The minimum absolute atomic E-state index is 0.0440. The Kier molecular flexibility index (Phi) is 2.85. The lowest BCUT2D eigenvalue weighted by molar-refractivity contribution is -0.124. The van der Waals surface area contributed by atoms with Crippen LogP contribution in [-0.4, -0.2) is 22.4 Å². The maximum Gasteiger partial charge on any atom is 0.248 e. The SMILES string of the molecule is C[C@@H]1CN(c2c[nH]c3ncc(Br)cc23)C(=O)[C@]1(C#N)C1CC1. The molecule has 2 aromatic rings. The zero-order chi connectivity index (χ0) is 15.5. The Morgan fingerprint density at radius 1 is 1.55 bits per heavy atom. The number of aromatic amines is 1. The van der Waals surface area contributed by atoms with Crippen LogP contribution in [0.3, 0.4) is 0 Å². The molecule has 4 rings (SSSR count). The molecule has 1 aliphatic heterocycles. The van der Waals surface area contributed by atoms with E-state index in [0.29, 0.717) is 6.54 Å². The summed E-state index contributed by atoms with van der Waals surface area (Å²) in [6.45, 7) is 2.60. The number of aromatic nitrogens is 2. The molecule has 0 bridgehead atoms. The second-order valence-electron chi connectivity index (χ2n) is 6.30. The van der Waals surface area contributed by atoms with Crippen molar-refractivity contribution in [1.29, 1.82) is 5.26 Å². The van der Waals surface area contributed by atoms with E-state index in [0.717, 1.165) is 34.0 Å². The number of anilines is 1. The highest BCUT2D eigenvalue weighted by Gasteiger charge is 2.61. The first-order valence-electron chi connectivity index (χ1n) is 7.43. The molecule has 1 amide bonds. The molecule has 0 unspecified atom stereocenters. The fourth-order valence-corrected chi connectivity index (χ4v) is 4.03. The lowest BCUT2D eigenvalue weighted by Gasteiger charge is -2.22. The number of amides is 1. The Labute approximate surface area is 136 Å². The third-order valence-corrected chi connectivity index (χ3v) is 5.44. The Hall–Kier alpha value is -1.87. The molecule has 6 heteroatoms. The number of pyridine rings is 1. The molecule has 0 radical (unpaired) electrons. The number of fused-ring (bicyclic) bond motifs is 1. The van der Waals surface area contributed by atoms with Crippen molar-refractivity contribution in [2.24, 2.45) is 17.3 Å². The predicted octanol–water partition coefficient (Wildman–Crippen LogP) is 3.23. The molecule has 1 aliphatic carbocycles. The highest BCUT2D eigenvalue weighted by atomic mass is 79.9. The number of carbonyl (C=O) groups excluding carboxylic acids is 1. The van der Waals surface area contributed by atoms with Crippen molar-refractivity contribution in [2.45, 2.75) is 19.8 Å². The summed E-state index contributed by atoms with van der Waals surface area (Å²) >= 11 is 3.42. The molecular formula is C16H15BrN4O. The van der Waals surface area contributed by atoms with E-state index in [2.05, 4.69) is 32.0 Å². The van der Waals surface area contributed by atoms with Crippen LogP contribution in [0.25, 0.3) is 11.0 Å². The average Bonchev–Trinajstić information content (AvgIpc) is 3.21. The van der Waals surface area contributed by atoms with Crippen molar-refractivity contribution in [3.8, 4) is 6.07 Å². The van der Waals surface area contributed by atoms with Gasteiger partial charge in [0, 0.05) is 34.7 Å². The van der Waals surface area contributed by atoms with Gasteiger partial charge in [-0.15, -0.1) is 0 Å². The van der Waals surface area contributed by atoms with Gasteiger partial charge in [0.2, 0.25) is 5.91 Å². The van der Waals surface area contributed by atoms with Gasteiger partial charge in [0.05, 0.1) is 11.8 Å².